The molecule has 0 saturated heterocycles. The maximum Gasteiger partial charge on any atom is 0.333 e. The fourth-order valence-corrected chi connectivity index (χ4v) is 3.63. The van der Waals surface area contributed by atoms with Gasteiger partial charge in [0.15, 0.2) is 5.78 Å². The molecule has 0 unspecified atom stereocenters. The highest BCUT2D eigenvalue weighted by molar-refractivity contribution is 6.06. The molecule has 3 nitrogen and oxygen atoms in total. The zero-order valence-corrected chi connectivity index (χ0v) is 15.2. The summed E-state index contributed by atoms with van der Waals surface area (Å²) in [4.78, 5) is 24.6. The lowest BCUT2D eigenvalue weighted by Gasteiger charge is -2.47. The van der Waals surface area contributed by atoms with E-state index in [9.17, 15) is 9.59 Å². The van der Waals surface area contributed by atoms with Gasteiger partial charge in [-0.3, -0.25) is 4.79 Å². The highest BCUT2D eigenvalue weighted by Gasteiger charge is 2.47. The summed E-state index contributed by atoms with van der Waals surface area (Å²) in [6.07, 6.45) is 5.77. The number of carbonyl (C=O) groups is 2. The van der Waals surface area contributed by atoms with E-state index < -0.39 is 0 Å². The Kier molecular flexibility index (Phi) is 4.98. The number of hydrogen-bond donors (Lipinski definition) is 0. The standard InChI is InChI=1S/C20H28O3/c1-7-13(4)19(22)23-18-9-8-14(5)20(6)11-15(12(2)3)17(21)10-16(18)20/h7,10,14,18H,8-9,11H2,1-6H3/t14-,18+,20+/m0/s1. The Balaban J connectivity index is 2.39. The van der Waals surface area contributed by atoms with Crippen LogP contribution in [0.1, 0.15) is 60.8 Å². The molecular formula is C20H28O3. The summed E-state index contributed by atoms with van der Waals surface area (Å²) in [7, 11) is 0. The van der Waals surface area contributed by atoms with Crippen LogP contribution in [0.2, 0.25) is 0 Å². The van der Waals surface area contributed by atoms with Crippen molar-refractivity contribution in [3.8, 4) is 0 Å². The summed E-state index contributed by atoms with van der Waals surface area (Å²) < 4.78 is 5.73. The van der Waals surface area contributed by atoms with Gasteiger partial charge in [-0.2, -0.15) is 0 Å². The molecule has 1 saturated carbocycles. The summed E-state index contributed by atoms with van der Waals surface area (Å²) >= 11 is 0. The first-order chi connectivity index (χ1) is 10.7. The van der Waals surface area contributed by atoms with Gasteiger partial charge in [0.1, 0.15) is 6.10 Å². The van der Waals surface area contributed by atoms with Crippen LogP contribution in [-0.2, 0) is 14.3 Å². The minimum atomic E-state index is -0.282. The molecule has 0 N–H and O–H groups in total. The zero-order chi connectivity index (χ0) is 17.4. The van der Waals surface area contributed by atoms with E-state index in [4.69, 9.17) is 4.74 Å². The normalized spacial score (nSPS) is 31.4. The third-order valence-corrected chi connectivity index (χ3v) is 5.69. The van der Waals surface area contributed by atoms with Gasteiger partial charge in [0.25, 0.3) is 0 Å². The Bertz CT molecular complexity index is 617. The maximum absolute atomic E-state index is 12.5. The molecule has 3 atom stereocenters. The molecule has 2 aliphatic carbocycles. The third-order valence-electron chi connectivity index (χ3n) is 5.69. The van der Waals surface area contributed by atoms with Crippen molar-refractivity contribution in [3.05, 3.63) is 34.4 Å². The Morgan fingerprint density at radius 2 is 1.96 bits per heavy atom. The molecule has 0 bridgehead atoms. The van der Waals surface area contributed by atoms with E-state index in [2.05, 4.69) is 13.8 Å². The summed E-state index contributed by atoms with van der Waals surface area (Å²) in [5, 5.41) is 0. The number of rotatable bonds is 2. The van der Waals surface area contributed by atoms with Crippen LogP contribution in [0.15, 0.2) is 34.4 Å². The highest BCUT2D eigenvalue weighted by Crippen LogP contribution is 2.52. The Morgan fingerprint density at radius 1 is 1.30 bits per heavy atom. The van der Waals surface area contributed by atoms with Gasteiger partial charge in [0.2, 0.25) is 0 Å². The van der Waals surface area contributed by atoms with Gasteiger partial charge in [-0.15, -0.1) is 0 Å². The van der Waals surface area contributed by atoms with Gasteiger partial charge >= 0.3 is 5.97 Å². The van der Waals surface area contributed by atoms with E-state index >= 15 is 0 Å². The summed E-state index contributed by atoms with van der Waals surface area (Å²) in [6.45, 7) is 12.0. The van der Waals surface area contributed by atoms with Crippen LogP contribution in [0.5, 0.6) is 0 Å². The summed E-state index contributed by atoms with van der Waals surface area (Å²) in [5.41, 5.74) is 3.51. The van der Waals surface area contributed by atoms with Crippen molar-refractivity contribution < 1.29 is 14.3 Å². The average molecular weight is 316 g/mol. The van der Waals surface area contributed by atoms with E-state index in [0.717, 1.165) is 36.0 Å². The molecule has 1 fully saturated rings. The largest absolute Gasteiger partial charge is 0.454 e. The van der Waals surface area contributed by atoms with Crippen LogP contribution in [-0.4, -0.2) is 17.9 Å². The van der Waals surface area contributed by atoms with Crippen LogP contribution >= 0.6 is 0 Å². The first-order valence-electron chi connectivity index (χ1n) is 8.47. The van der Waals surface area contributed by atoms with Crippen LogP contribution in [0.4, 0.5) is 0 Å². The smallest absolute Gasteiger partial charge is 0.333 e. The average Bonchev–Trinajstić information content (AvgIpc) is 2.50. The van der Waals surface area contributed by atoms with E-state index in [1.54, 1.807) is 19.1 Å². The minimum Gasteiger partial charge on any atom is -0.454 e. The molecule has 2 aliphatic rings. The molecule has 2 rings (SSSR count). The minimum absolute atomic E-state index is 0.0791. The molecular weight excluding hydrogens is 288 g/mol. The Morgan fingerprint density at radius 3 is 2.52 bits per heavy atom. The van der Waals surface area contributed by atoms with Gasteiger partial charge in [-0.05, 0) is 75.5 Å². The number of allylic oxidation sites excluding steroid dienone is 4. The summed E-state index contributed by atoms with van der Waals surface area (Å²) in [5.74, 6) is 0.264. The van der Waals surface area contributed by atoms with Crippen LogP contribution < -0.4 is 0 Å². The molecule has 23 heavy (non-hydrogen) atoms. The molecule has 0 aromatic heterocycles. The van der Waals surface area contributed by atoms with Crippen molar-refractivity contribution >= 4 is 11.8 Å². The predicted octanol–water partition coefficient (Wildman–Crippen LogP) is 4.54. The first kappa shape index (κ1) is 17.7. The fourth-order valence-electron chi connectivity index (χ4n) is 3.63. The predicted molar refractivity (Wildman–Crippen MR) is 91.9 cm³/mol. The topological polar surface area (TPSA) is 43.4 Å². The molecule has 0 radical (unpaired) electrons. The second-order valence-corrected chi connectivity index (χ2v) is 7.38. The van der Waals surface area contributed by atoms with Crippen LogP contribution in [0.25, 0.3) is 0 Å². The lowest BCUT2D eigenvalue weighted by Crippen LogP contribution is -2.43. The maximum atomic E-state index is 12.5. The molecule has 0 aliphatic heterocycles. The van der Waals surface area contributed by atoms with Crippen molar-refractivity contribution in [2.75, 3.05) is 0 Å². The van der Waals surface area contributed by atoms with E-state index in [0.29, 0.717) is 11.5 Å². The zero-order valence-electron chi connectivity index (χ0n) is 15.2. The Hall–Kier alpha value is -1.64. The van der Waals surface area contributed by atoms with Crippen molar-refractivity contribution in [3.63, 3.8) is 0 Å². The lowest BCUT2D eigenvalue weighted by molar-refractivity contribution is -0.145. The second-order valence-electron chi connectivity index (χ2n) is 7.38. The second kappa shape index (κ2) is 6.46. The fraction of sp³-hybridized carbons (Fsp3) is 0.600. The molecule has 0 heterocycles. The van der Waals surface area contributed by atoms with Gasteiger partial charge in [-0.1, -0.05) is 25.5 Å². The summed E-state index contributed by atoms with van der Waals surface area (Å²) in [6, 6.07) is 0. The molecule has 0 aromatic carbocycles. The number of carbonyl (C=O) groups excluding carboxylic acids is 2. The van der Waals surface area contributed by atoms with Gasteiger partial charge in [-0.25, -0.2) is 4.79 Å². The number of esters is 1. The third kappa shape index (κ3) is 3.19. The Labute approximate surface area is 139 Å². The molecule has 0 amide bonds. The SMILES string of the molecule is CC=C(C)C(=O)O[C@@H]1CC[C@H](C)[C@@]2(C)CC(=C(C)C)C(=O)C=C12. The van der Waals surface area contributed by atoms with Crippen molar-refractivity contribution in [1.82, 2.24) is 0 Å². The van der Waals surface area contributed by atoms with E-state index in [1.165, 1.54) is 0 Å². The molecule has 126 valence electrons. The highest BCUT2D eigenvalue weighted by atomic mass is 16.5. The monoisotopic (exact) mass is 316 g/mol. The van der Waals surface area contributed by atoms with Crippen molar-refractivity contribution in [1.29, 1.82) is 0 Å². The first-order valence-corrected chi connectivity index (χ1v) is 8.47. The number of fused-ring (bicyclic) bond motifs is 1. The lowest BCUT2D eigenvalue weighted by atomic mass is 9.58. The molecule has 0 aromatic rings. The molecule has 3 heteroatoms. The number of ether oxygens (including phenoxy) is 1. The van der Waals surface area contributed by atoms with Crippen molar-refractivity contribution in [2.45, 2.75) is 66.9 Å². The number of ketones is 1. The van der Waals surface area contributed by atoms with E-state index in [-0.39, 0.29) is 23.3 Å². The van der Waals surface area contributed by atoms with Gasteiger partial charge in [0, 0.05) is 5.57 Å². The van der Waals surface area contributed by atoms with Gasteiger partial charge < -0.3 is 4.74 Å². The van der Waals surface area contributed by atoms with E-state index in [1.807, 2.05) is 20.8 Å². The van der Waals surface area contributed by atoms with Crippen molar-refractivity contribution in [2.24, 2.45) is 11.3 Å². The van der Waals surface area contributed by atoms with Crippen LogP contribution in [0, 0.1) is 11.3 Å². The number of hydrogen-bond acceptors (Lipinski definition) is 3. The quantitative estimate of drug-likeness (QED) is 0.555. The van der Waals surface area contributed by atoms with Gasteiger partial charge in [0.05, 0.1) is 0 Å². The van der Waals surface area contributed by atoms with Crippen LogP contribution in [0.3, 0.4) is 0 Å². The molecule has 0 spiro atoms.